The molecule has 1 aromatic heterocycles. The zero-order valence-corrected chi connectivity index (χ0v) is 22.7. The molecule has 0 saturated heterocycles. The number of rotatable bonds is 11. The van der Waals surface area contributed by atoms with Gasteiger partial charge < -0.3 is 30.7 Å². The molecule has 212 valence electrons. The van der Waals surface area contributed by atoms with E-state index in [-0.39, 0.29) is 29.1 Å². The van der Waals surface area contributed by atoms with E-state index in [1.54, 1.807) is 25.3 Å². The lowest BCUT2D eigenvalue weighted by atomic mass is 10.1. The van der Waals surface area contributed by atoms with Crippen LogP contribution in [0.5, 0.6) is 5.75 Å². The molecule has 0 fully saturated rings. The Bertz CT molecular complexity index is 1380. The van der Waals surface area contributed by atoms with Crippen molar-refractivity contribution in [3.05, 3.63) is 70.9 Å². The van der Waals surface area contributed by atoms with Crippen molar-refractivity contribution < 1.29 is 27.8 Å². The number of nitrogens with zero attached hydrogens (tertiary/aromatic N) is 2. The Balaban J connectivity index is 1.61. The van der Waals surface area contributed by atoms with Crippen molar-refractivity contribution in [1.29, 1.82) is 0 Å². The molecule has 4 N–H and O–H groups in total. The van der Waals surface area contributed by atoms with Crippen molar-refractivity contribution >= 4 is 29.3 Å². The normalized spacial score (nSPS) is 16.1. The molecule has 2 aromatic carbocycles. The molecule has 0 bridgehead atoms. The number of anilines is 3. The molecule has 4 rings (SSSR count). The molecule has 2 unspecified atom stereocenters. The molecule has 0 spiro atoms. The van der Waals surface area contributed by atoms with Crippen LogP contribution in [0.25, 0.3) is 0 Å². The Morgan fingerprint density at radius 1 is 1.15 bits per heavy atom. The minimum atomic E-state index is -3.23. The van der Waals surface area contributed by atoms with Gasteiger partial charge in [-0.3, -0.25) is 9.59 Å². The first-order valence-electron chi connectivity index (χ1n) is 12.7. The van der Waals surface area contributed by atoms with Crippen LogP contribution in [0.1, 0.15) is 46.9 Å². The molecule has 3 aromatic rings. The number of benzene rings is 2. The summed E-state index contributed by atoms with van der Waals surface area (Å²) < 4.78 is 39.6. The summed E-state index contributed by atoms with van der Waals surface area (Å²) in [5.41, 5.74) is 2.34. The van der Waals surface area contributed by atoms with Crippen molar-refractivity contribution in [1.82, 2.24) is 20.6 Å². The lowest BCUT2D eigenvalue weighted by molar-refractivity contribution is -0.119. The number of halogens is 2. The van der Waals surface area contributed by atoms with E-state index in [9.17, 15) is 18.4 Å². The van der Waals surface area contributed by atoms with E-state index in [0.29, 0.717) is 36.6 Å². The summed E-state index contributed by atoms with van der Waals surface area (Å²) in [5.74, 6) is -3.46. The SMILES string of the molecule is COCCNC(=O)c1ccc(Nc2ncc(C(C)(F)F)c(NC3Cc4ccccc4C3NC(C)=O)n2)c(OC)c1. The summed E-state index contributed by atoms with van der Waals surface area (Å²) >= 11 is 0. The third kappa shape index (κ3) is 6.63. The number of ether oxygens (including phenoxy) is 2. The maximum absolute atomic E-state index is 14.6. The number of hydrogen-bond acceptors (Lipinski definition) is 8. The van der Waals surface area contributed by atoms with Gasteiger partial charge in [0.05, 0.1) is 37.1 Å². The fourth-order valence-electron chi connectivity index (χ4n) is 4.60. The minimum Gasteiger partial charge on any atom is -0.495 e. The van der Waals surface area contributed by atoms with Crippen LogP contribution in [0.3, 0.4) is 0 Å². The zero-order valence-electron chi connectivity index (χ0n) is 22.7. The van der Waals surface area contributed by atoms with Crippen LogP contribution in [0.15, 0.2) is 48.7 Å². The van der Waals surface area contributed by atoms with E-state index < -0.39 is 18.0 Å². The fourth-order valence-corrected chi connectivity index (χ4v) is 4.60. The lowest BCUT2D eigenvalue weighted by Crippen LogP contribution is -2.37. The van der Waals surface area contributed by atoms with Crippen LogP contribution in [0.2, 0.25) is 0 Å². The number of methoxy groups -OCH3 is 2. The highest BCUT2D eigenvalue weighted by molar-refractivity contribution is 5.95. The van der Waals surface area contributed by atoms with Crippen LogP contribution in [-0.4, -0.2) is 55.2 Å². The van der Waals surface area contributed by atoms with Gasteiger partial charge in [-0.15, -0.1) is 0 Å². The van der Waals surface area contributed by atoms with Gasteiger partial charge in [0, 0.05) is 39.3 Å². The standard InChI is InChI=1S/C28H32F2N6O4/c1-16(37)33-24-19-8-6-5-7-17(19)13-22(24)34-25-20(28(2,29)30)15-32-27(36-25)35-21-10-9-18(14-23(21)40-4)26(38)31-11-12-39-3/h5-10,14-15,22,24H,11-13H2,1-4H3,(H,31,38)(H,33,37)(H2,32,34,35,36). The van der Waals surface area contributed by atoms with Crippen molar-refractivity contribution in [2.24, 2.45) is 0 Å². The van der Waals surface area contributed by atoms with Crippen LogP contribution in [-0.2, 0) is 21.9 Å². The molecule has 1 aliphatic carbocycles. The number of carbonyl (C=O) groups excluding carboxylic acids is 2. The number of amides is 2. The number of hydrogen-bond donors (Lipinski definition) is 4. The lowest BCUT2D eigenvalue weighted by Gasteiger charge is -2.25. The molecule has 10 nitrogen and oxygen atoms in total. The number of nitrogens with one attached hydrogen (secondary N) is 4. The average molecular weight is 555 g/mol. The molecule has 1 aliphatic rings. The van der Waals surface area contributed by atoms with Crippen molar-refractivity contribution in [2.45, 2.75) is 38.3 Å². The minimum absolute atomic E-state index is 0.0395. The summed E-state index contributed by atoms with van der Waals surface area (Å²) in [5, 5.41) is 11.8. The molecule has 0 radical (unpaired) electrons. The van der Waals surface area contributed by atoms with Crippen molar-refractivity contribution in [3.8, 4) is 5.75 Å². The maximum Gasteiger partial charge on any atom is 0.275 e. The Labute approximate surface area is 230 Å². The van der Waals surface area contributed by atoms with E-state index >= 15 is 0 Å². The first kappa shape index (κ1) is 28.7. The van der Waals surface area contributed by atoms with Crippen LogP contribution in [0.4, 0.5) is 26.2 Å². The highest BCUT2D eigenvalue weighted by atomic mass is 19.3. The predicted octanol–water partition coefficient (Wildman–Crippen LogP) is 3.93. The van der Waals surface area contributed by atoms with E-state index in [1.807, 2.05) is 24.3 Å². The molecule has 40 heavy (non-hydrogen) atoms. The predicted molar refractivity (Wildman–Crippen MR) is 146 cm³/mol. The maximum atomic E-state index is 14.6. The zero-order chi connectivity index (χ0) is 28.9. The van der Waals surface area contributed by atoms with Crippen LogP contribution in [0, 0.1) is 0 Å². The number of alkyl halides is 2. The quantitative estimate of drug-likeness (QED) is 0.263. The van der Waals surface area contributed by atoms with Gasteiger partial charge in [0.2, 0.25) is 11.9 Å². The second-order valence-electron chi connectivity index (χ2n) is 9.46. The Kier molecular flexibility index (Phi) is 8.78. The smallest absolute Gasteiger partial charge is 0.275 e. The first-order valence-corrected chi connectivity index (χ1v) is 12.7. The Morgan fingerprint density at radius 3 is 2.62 bits per heavy atom. The summed E-state index contributed by atoms with van der Waals surface area (Å²) in [7, 11) is 2.99. The van der Waals surface area contributed by atoms with Gasteiger partial charge in [0.25, 0.3) is 11.8 Å². The molecule has 0 aliphatic heterocycles. The number of carbonyl (C=O) groups is 2. The fraction of sp³-hybridized carbons (Fsp3) is 0.357. The van der Waals surface area contributed by atoms with Gasteiger partial charge in [0.1, 0.15) is 11.6 Å². The highest BCUT2D eigenvalue weighted by Gasteiger charge is 2.36. The molecule has 1 heterocycles. The Morgan fingerprint density at radius 2 is 1.93 bits per heavy atom. The second-order valence-corrected chi connectivity index (χ2v) is 9.46. The van der Waals surface area contributed by atoms with E-state index in [2.05, 4.69) is 31.2 Å². The van der Waals surface area contributed by atoms with Crippen molar-refractivity contribution in [3.63, 3.8) is 0 Å². The molecule has 2 atom stereocenters. The monoisotopic (exact) mass is 554 g/mol. The molecule has 0 saturated carbocycles. The van der Waals surface area contributed by atoms with E-state index in [4.69, 9.17) is 9.47 Å². The van der Waals surface area contributed by atoms with Crippen LogP contribution < -0.4 is 26.0 Å². The summed E-state index contributed by atoms with van der Waals surface area (Å²) in [6, 6.07) is 11.5. The van der Waals surface area contributed by atoms with Gasteiger partial charge in [-0.1, -0.05) is 24.3 Å². The first-order chi connectivity index (χ1) is 19.1. The molecule has 2 amide bonds. The number of fused-ring (bicyclic) bond motifs is 1. The van der Waals surface area contributed by atoms with Crippen molar-refractivity contribution in [2.75, 3.05) is 38.0 Å². The largest absolute Gasteiger partial charge is 0.495 e. The third-order valence-electron chi connectivity index (χ3n) is 6.48. The second kappa shape index (κ2) is 12.2. The summed E-state index contributed by atoms with van der Waals surface area (Å²) in [6.07, 6.45) is 1.57. The van der Waals surface area contributed by atoms with Gasteiger partial charge in [0.15, 0.2) is 0 Å². The molecule has 12 heteroatoms. The Hall–Kier alpha value is -4.32. The van der Waals surface area contributed by atoms with Gasteiger partial charge in [-0.05, 0) is 35.7 Å². The van der Waals surface area contributed by atoms with E-state index in [1.165, 1.54) is 14.0 Å². The van der Waals surface area contributed by atoms with Gasteiger partial charge in [-0.25, -0.2) is 13.8 Å². The third-order valence-corrected chi connectivity index (χ3v) is 6.48. The highest BCUT2D eigenvalue weighted by Crippen LogP contribution is 2.37. The van der Waals surface area contributed by atoms with Gasteiger partial charge in [-0.2, -0.15) is 4.98 Å². The topological polar surface area (TPSA) is 126 Å². The summed E-state index contributed by atoms with van der Waals surface area (Å²) in [4.78, 5) is 32.8. The number of aromatic nitrogens is 2. The summed E-state index contributed by atoms with van der Waals surface area (Å²) in [6.45, 7) is 2.92. The molecular formula is C28H32F2N6O4. The van der Waals surface area contributed by atoms with Gasteiger partial charge >= 0.3 is 0 Å². The average Bonchev–Trinajstić information content (AvgIpc) is 3.24. The molecular weight excluding hydrogens is 522 g/mol. The van der Waals surface area contributed by atoms with Crippen LogP contribution >= 0.6 is 0 Å². The van der Waals surface area contributed by atoms with E-state index in [0.717, 1.165) is 24.2 Å².